The first kappa shape index (κ1) is 20.7. The summed E-state index contributed by atoms with van der Waals surface area (Å²) in [6, 6.07) is 10.7. The molecule has 0 fully saturated rings. The van der Waals surface area contributed by atoms with Crippen LogP contribution in [0.25, 0.3) is 0 Å². The van der Waals surface area contributed by atoms with Gasteiger partial charge >= 0.3 is 0 Å². The van der Waals surface area contributed by atoms with Gasteiger partial charge in [0.25, 0.3) is 11.8 Å². The molecule has 1 aliphatic rings. The van der Waals surface area contributed by atoms with Crippen molar-refractivity contribution in [3.63, 3.8) is 0 Å². The van der Waals surface area contributed by atoms with Crippen LogP contribution in [-0.2, 0) is 4.79 Å². The SMILES string of the molecule is COc1ccc(NC(=O)[C@H](CCSC)N2C(=O)c3ccccc3C2=O)c(OC)c1. The lowest BCUT2D eigenvalue weighted by molar-refractivity contribution is -0.120. The molecule has 0 saturated carbocycles. The summed E-state index contributed by atoms with van der Waals surface area (Å²) in [6.07, 6.45) is 2.25. The molecule has 2 aromatic carbocycles. The Morgan fingerprint density at radius 2 is 1.72 bits per heavy atom. The molecule has 1 N–H and O–H groups in total. The van der Waals surface area contributed by atoms with E-state index in [9.17, 15) is 14.4 Å². The fraction of sp³-hybridized carbons (Fsp3) is 0.286. The maximum absolute atomic E-state index is 13.1. The third kappa shape index (κ3) is 4.07. The van der Waals surface area contributed by atoms with Gasteiger partial charge in [-0.15, -0.1) is 0 Å². The van der Waals surface area contributed by atoms with Gasteiger partial charge in [-0.05, 0) is 42.7 Å². The zero-order valence-corrected chi connectivity index (χ0v) is 17.2. The number of carbonyl (C=O) groups excluding carboxylic acids is 3. The molecular formula is C21H22N2O5S. The molecule has 2 aromatic rings. The van der Waals surface area contributed by atoms with E-state index in [1.54, 1.807) is 54.2 Å². The van der Waals surface area contributed by atoms with Gasteiger partial charge in [-0.3, -0.25) is 19.3 Å². The highest BCUT2D eigenvalue weighted by Crippen LogP contribution is 2.31. The van der Waals surface area contributed by atoms with E-state index in [1.165, 1.54) is 14.2 Å². The predicted octanol–water partition coefficient (Wildman–Crippen LogP) is 3.06. The van der Waals surface area contributed by atoms with Gasteiger partial charge in [-0.2, -0.15) is 11.8 Å². The summed E-state index contributed by atoms with van der Waals surface area (Å²) >= 11 is 1.54. The molecule has 8 heteroatoms. The molecule has 0 saturated heterocycles. The maximum atomic E-state index is 13.1. The van der Waals surface area contributed by atoms with Gasteiger partial charge in [-0.25, -0.2) is 0 Å². The van der Waals surface area contributed by atoms with E-state index in [2.05, 4.69) is 5.32 Å². The van der Waals surface area contributed by atoms with E-state index < -0.39 is 23.8 Å². The monoisotopic (exact) mass is 414 g/mol. The van der Waals surface area contributed by atoms with Crippen molar-refractivity contribution in [3.8, 4) is 11.5 Å². The van der Waals surface area contributed by atoms with Crippen molar-refractivity contribution in [1.29, 1.82) is 0 Å². The quantitative estimate of drug-likeness (QED) is 0.669. The standard InChI is InChI=1S/C21H22N2O5S/c1-27-13-8-9-16(18(12-13)28-2)22-19(24)17(10-11-29-3)23-20(25)14-6-4-5-7-15(14)21(23)26/h4-9,12,17H,10-11H2,1-3H3,(H,22,24)/t17-/m0/s1. The fourth-order valence-electron chi connectivity index (χ4n) is 3.22. The average molecular weight is 414 g/mol. The fourth-order valence-corrected chi connectivity index (χ4v) is 3.67. The molecule has 0 unspecified atom stereocenters. The molecule has 1 atom stereocenters. The van der Waals surface area contributed by atoms with Crippen molar-refractivity contribution in [1.82, 2.24) is 4.90 Å². The smallest absolute Gasteiger partial charge is 0.262 e. The van der Waals surface area contributed by atoms with Crippen molar-refractivity contribution < 1.29 is 23.9 Å². The number of hydrogen-bond acceptors (Lipinski definition) is 6. The van der Waals surface area contributed by atoms with Crippen LogP contribution in [-0.4, -0.2) is 54.9 Å². The Bertz CT molecular complexity index is 911. The molecule has 152 valence electrons. The Labute approximate surface area is 173 Å². The summed E-state index contributed by atoms with van der Waals surface area (Å²) in [7, 11) is 3.02. The third-order valence-electron chi connectivity index (χ3n) is 4.70. The summed E-state index contributed by atoms with van der Waals surface area (Å²) in [5.74, 6) is 0.271. The zero-order chi connectivity index (χ0) is 21.0. The Kier molecular flexibility index (Phi) is 6.43. The van der Waals surface area contributed by atoms with Gasteiger partial charge in [0.2, 0.25) is 5.91 Å². The van der Waals surface area contributed by atoms with E-state index in [4.69, 9.17) is 9.47 Å². The topological polar surface area (TPSA) is 84.9 Å². The van der Waals surface area contributed by atoms with Crippen molar-refractivity contribution in [2.24, 2.45) is 0 Å². The molecule has 0 aliphatic carbocycles. The summed E-state index contributed by atoms with van der Waals surface area (Å²) in [6.45, 7) is 0. The highest BCUT2D eigenvalue weighted by atomic mass is 32.2. The average Bonchev–Trinajstić information content (AvgIpc) is 2.99. The van der Waals surface area contributed by atoms with Crippen LogP contribution in [0.4, 0.5) is 5.69 Å². The molecule has 0 spiro atoms. The number of nitrogens with one attached hydrogen (secondary N) is 1. The first-order valence-electron chi connectivity index (χ1n) is 9.00. The summed E-state index contributed by atoms with van der Waals surface area (Å²) in [5.41, 5.74) is 1.08. The summed E-state index contributed by atoms with van der Waals surface area (Å²) in [4.78, 5) is 39.9. The van der Waals surface area contributed by atoms with Gasteiger partial charge in [0.1, 0.15) is 17.5 Å². The van der Waals surface area contributed by atoms with E-state index in [0.717, 1.165) is 4.90 Å². The van der Waals surface area contributed by atoms with Crippen LogP contribution in [0, 0.1) is 0 Å². The molecule has 3 rings (SSSR count). The molecule has 0 radical (unpaired) electrons. The number of methoxy groups -OCH3 is 2. The zero-order valence-electron chi connectivity index (χ0n) is 16.4. The number of fused-ring (bicyclic) bond motifs is 1. The summed E-state index contributed by atoms with van der Waals surface area (Å²) < 4.78 is 10.5. The highest BCUT2D eigenvalue weighted by Gasteiger charge is 2.42. The number of carbonyl (C=O) groups is 3. The van der Waals surface area contributed by atoms with Crippen LogP contribution in [0.1, 0.15) is 27.1 Å². The molecule has 0 aromatic heterocycles. The minimum Gasteiger partial charge on any atom is -0.497 e. The minimum atomic E-state index is -0.929. The summed E-state index contributed by atoms with van der Waals surface area (Å²) in [5, 5.41) is 2.79. The van der Waals surface area contributed by atoms with Crippen molar-refractivity contribution in [2.75, 3.05) is 31.5 Å². The second-order valence-corrected chi connectivity index (χ2v) is 7.36. The second kappa shape index (κ2) is 9.00. The van der Waals surface area contributed by atoms with Crippen molar-refractivity contribution >= 4 is 35.2 Å². The minimum absolute atomic E-state index is 0.321. The van der Waals surface area contributed by atoms with Crippen LogP contribution >= 0.6 is 11.8 Å². The molecule has 29 heavy (non-hydrogen) atoms. The first-order valence-corrected chi connectivity index (χ1v) is 10.4. The number of benzene rings is 2. The van der Waals surface area contributed by atoms with E-state index in [0.29, 0.717) is 40.5 Å². The first-order chi connectivity index (χ1) is 14.0. The largest absolute Gasteiger partial charge is 0.497 e. The Balaban J connectivity index is 1.89. The van der Waals surface area contributed by atoms with Crippen molar-refractivity contribution in [2.45, 2.75) is 12.5 Å². The number of hydrogen-bond donors (Lipinski definition) is 1. The maximum Gasteiger partial charge on any atom is 0.262 e. The lowest BCUT2D eigenvalue weighted by Gasteiger charge is -2.25. The van der Waals surface area contributed by atoms with Crippen LogP contribution < -0.4 is 14.8 Å². The predicted molar refractivity (Wildman–Crippen MR) is 112 cm³/mol. The van der Waals surface area contributed by atoms with E-state index in [-0.39, 0.29) is 0 Å². The van der Waals surface area contributed by atoms with Gasteiger partial charge in [0.15, 0.2) is 0 Å². The number of ether oxygens (including phenoxy) is 2. The number of amides is 3. The number of imide groups is 1. The highest BCUT2D eigenvalue weighted by molar-refractivity contribution is 7.98. The number of rotatable bonds is 8. The molecule has 1 heterocycles. The molecule has 0 bridgehead atoms. The van der Waals surface area contributed by atoms with Gasteiger partial charge in [0.05, 0.1) is 31.0 Å². The number of thioether (sulfide) groups is 1. The van der Waals surface area contributed by atoms with Crippen LogP contribution in [0.3, 0.4) is 0 Å². The van der Waals surface area contributed by atoms with Crippen LogP contribution in [0.15, 0.2) is 42.5 Å². The Morgan fingerprint density at radius 3 is 2.28 bits per heavy atom. The molecule has 1 aliphatic heterocycles. The molecule has 7 nitrogen and oxygen atoms in total. The Morgan fingerprint density at radius 1 is 1.07 bits per heavy atom. The third-order valence-corrected chi connectivity index (χ3v) is 5.35. The number of nitrogens with zero attached hydrogens (tertiary/aromatic N) is 1. The van der Waals surface area contributed by atoms with E-state index in [1.807, 2.05) is 6.26 Å². The van der Waals surface area contributed by atoms with Crippen LogP contribution in [0.2, 0.25) is 0 Å². The molecule has 3 amide bonds. The lowest BCUT2D eigenvalue weighted by atomic mass is 10.1. The number of anilines is 1. The van der Waals surface area contributed by atoms with Gasteiger partial charge in [0, 0.05) is 6.07 Å². The second-order valence-electron chi connectivity index (χ2n) is 6.38. The Hall–Kier alpha value is -3.00. The lowest BCUT2D eigenvalue weighted by Crippen LogP contribution is -2.47. The normalized spacial score (nSPS) is 13.8. The van der Waals surface area contributed by atoms with Crippen molar-refractivity contribution in [3.05, 3.63) is 53.6 Å². The van der Waals surface area contributed by atoms with Gasteiger partial charge in [-0.1, -0.05) is 12.1 Å². The molecular weight excluding hydrogens is 392 g/mol. The van der Waals surface area contributed by atoms with Gasteiger partial charge < -0.3 is 14.8 Å². The van der Waals surface area contributed by atoms with E-state index >= 15 is 0 Å². The van der Waals surface area contributed by atoms with Crippen LogP contribution in [0.5, 0.6) is 11.5 Å².